The molecule has 4 aromatic rings. The SMILES string of the molecule is CN(Cc1cnn(Cc2ccccc2)c1)C(=O)c1cc(-c2cccnc2)on1. The maximum absolute atomic E-state index is 12.7. The second kappa shape index (κ2) is 7.87. The van der Waals surface area contributed by atoms with Crippen LogP contribution in [-0.4, -0.2) is 37.8 Å². The number of nitrogens with zero attached hydrogens (tertiary/aromatic N) is 5. The molecule has 0 bridgehead atoms. The molecule has 0 radical (unpaired) electrons. The summed E-state index contributed by atoms with van der Waals surface area (Å²) in [7, 11) is 1.73. The van der Waals surface area contributed by atoms with E-state index in [0.717, 1.165) is 11.1 Å². The predicted octanol–water partition coefficient (Wildman–Crippen LogP) is 3.25. The van der Waals surface area contributed by atoms with Gasteiger partial charge in [0.1, 0.15) is 0 Å². The number of aromatic nitrogens is 4. The van der Waals surface area contributed by atoms with Gasteiger partial charge in [-0.05, 0) is 17.7 Å². The summed E-state index contributed by atoms with van der Waals surface area (Å²) < 4.78 is 7.15. The standard InChI is InChI=1S/C21H19N5O2/c1-25(13-17-11-23-26(15-17)14-16-6-3-2-4-7-16)21(27)19-10-20(28-24-19)18-8-5-9-22-12-18/h2-12,15H,13-14H2,1H3. The van der Waals surface area contributed by atoms with Gasteiger partial charge in [0.05, 0.1) is 12.7 Å². The van der Waals surface area contributed by atoms with Crippen LogP contribution in [0.5, 0.6) is 0 Å². The van der Waals surface area contributed by atoms with E-state index in [0.29, 0.717) is 18.8 Å². The summed E-state index contributed by atoms with van der Waals surface area (Å²) in [5.74, 6) is 0.301. The quantitative estimate of drug-likeness (QED) is 0.518. The lowest BCUT2D eigenvalue weighted by Crippen LogP contribution is -2.26. The van der Waals surface area contributed by atoms with E-state index in [-0.39, 0.29) is 11.6 Å². The van der Waals surface area contributed by atoms with Gasteiger partial charge in [-0.15, -0.1) is 0 Å². The fourth-order valence-electron chi connectivity index (χ4n) is 2.91. The Hall–Kier alpha value is -3.74. The molecule has 0 unspecified atom stereocenters. The molecular weight excluding hydrogens is 354 g/mol. The Kier molecular flexibility index (Phi) is 4.97. The van der Waals surface area contributed by atoms with Crippen molar-refractivity contribution in [1.29, 1.82) is 0 Å². The Morgan fingerprint density at radius 1 is 1.11 bits per heavy atom. The van der Waals surface area contributed by atoms with Crippen molar-refractivity contribution in [1.82, 2.24) is 24.8 Å². The van der Waals surface area contributed by atoms with E-state index in [1.165, 1.54) is 5.56 Å². The van der Waals surface area contributed by atoms with Gasteiger partial charge >= 0.3 is 0 Å². The zero-order valence-electron chi connectivity index (χ0n) is 15.4. The molecule has 3 heterocycles. The molecule has 0 aliphatic rings. The minimum atomic E-state index is -0.213. The summed E-state index contributed by atoms with van der Waals surface area (Å²) in [6.07, 6.45) is 7.06. The molecule has 4 rings (SSSR count). The highest BCUT2D eigenvalue weighted by Crippen LogP contribution is 2.19. The molecule has 7 nitrogen and oxygen atoms in total. The van der Waals surface area contributed by atoms with E-state index in [1.54, 1.807) is 42.7 Å². The summed E-state index contributed by atoms with van der Waals surface area (Å²) in [6, 6.07) is 15.4. The van der Waals surface area contributed by atoms with Crippen LogP contribution in [-0.2, 0) is 13.1 Å². The second-order valence-corrected chi connectivity index (χ2v) is 6.51. The largest absolute Gasteiger partial charge is 0.355 e. The van der Waals surface area contributed by atoms with Crippen LogP contribution in [0.3, 0.4) is 0 Å². The molecule has 28 heavy (non-hydrogen) atoms. The Bertz CT molecular complexity index is 1060. The number of hydrogen-bond donors (Lipinski definition) is 0. The molecule has 0 fully saturated rings. The minimum Gasteiger partial charge on any atom is -0.355 e. The molecule has 0 aliphatic carbocycles. The third-order valence-corrected chi connectivity index (χ3v) is 4.32. The first kappa shape index (κ1) is 17.7. The third kappa shape index (κ3) is 3.98. The Morgan fingerprint density at radius 3 is 2.75 bits per heavy atom. The smallest absolute Gasteiger partial charge is 0.276 e. The van der Waals surface area contributed by atoms with Crippen molar-refractivity contribution in [2.24, 2.45) is 0 Å². The Labute approximate surface area is 162 Å². The van der Waals surface area contributed by atoms with Crippen LogP contribution in [0.2, 0.25) is 0 Å². The zero-order chi connectivity index (χ0) is 19.3. The molecule has 0 spiro atoms. The zero-order valence-corrected chi connectivity index (χ0v) is 15.4. The molecule has 7 heteroatoms. The molecule has 140 valence electrons. The molecular formula is C21H19N5O2. The summed E-state index contributed by atoms with van der Waals surface area (Å²) >= 11 is 0. The second-order valence-electron chi connectivity index (χ2n) is 6.51. The van der Waals surface area contributed by atoms with Crippen LogP contribution in [0, 0.1) is 0 Å². The van der Waals surface area contributed by atoms with Crippen molar-refractivity contribution >= 4 is 5.91 Å². The lowest BCUT2D eigenvalue weighted by molar-refractivity contribution is 0.0775. The molecule has 3 aromatic heterocycles. The number of carbonyl (C=O) groups excluding carboxylic acids is 1. The van der Waals surface area contributed by atoms with E-state index in [9.17, 15) is 4.79 Å². The number of hydrogen-bond acceptors (Lipinski definition) is 5. The van der Waals surface area contributed by atoms with Gasteiger partial charge in [-0.1, -0.05) is 35.5 Å². The van der Waals surface area contributed by atoms with Crippen LogP contribution in [0.4, 0.5) is 0 Å². The van der Waals surface area contributed by atoms with Crippen LogP contribution < -0.4 is 0 Å². The summed E-state index contributed by atoms with van der Waals surface area (Å²) in [4.78, 5) is 18.3. The summed E-state index contributed by atoms with van der Waals surface area (Å²) in [6.45, 7) is 1.12. The predicted molar refractivity (Wildman–Crippen MR) is 103 cm³/mol. The monoisotopic (exact) mass is 373 g/mol. The van der Waals surface area contributed by atoms with Gasteiger partial charge in [-0.3, -0.25) is 14.5 Å². The van der Waals surface area contributed by atoms with Gasteiger partial charge in [0.15, 0.2) is 11.5 Å². The average Bonchev–Trinajstić information content (AvgIpc) is 3.39. The molecule has 0 atom stereocenters. The van der Waals surface area contributed by atoms with E-state index in [4.69, 9.17) is 4.52 Å². The van der Waals surface area contributed by atoms with Crippen molar-refractivity contribution < 1.29 is 9.32 Å². The van der Waals surface area contributed by atoms with Crippen LogP contribution >= 0.6 is 0 Å². The first-order valence-electron chi connectivity index (χ1n) is 8.87. The molecule has 0 aliphatic heterocycles. The van der Waals surface area contributed by atoms with Gasteiger partial charge in [-0.25, -0.2) is 0 Å². The maximum Gasteiger partial charge on any atom is 0.276 e. The molecule has 0 N–H and O–H groups in total. The fourth-order valence-corrected chi connectivity index (χ4v) is 2.91. The van der Waals surface area contributed by atoms with Crippen LogP contribution in [0.15, 0.2) is 77.8 Å². The number of rotatable bonds is 6. The van der Waals surface area contributed by atoms with Crippen molar-refractivity contribution in [3.05, 3.63) is 90.1 Å². The number of benzene rings is 1. The normalized spacial score (nSPS) is 10.8. The van der Waals surface area contributed by atoms with Crippen LogP contribution in [0.1, 0.15) is 21.6 Å². The third-order valence-electron chi connectivity index (χ3n) is 4.32. The van der Waals surface area contributed by atoms with Crippen molar-refractivity contribution in [2.45, 2.75) is 13.1 Å². The topological polar surface area (TPSA) is 77.0 Å². The minimum absolute atomic E-state index is 0.213. The fraction of sp³-hybridized carbons (Fsp3) is 0.143. The lowest BCUT2D eigenvalue weighted by Gasteiger charge is -2.14. The van der Waals surface area contributed by atoms with Gasteiger partial charge in [0.25, 0.3) is 5.91 Å². The van der Waals surface area contributed by atoms with E-state index in [2.05, 4.69) is 27.4 Å². The molecule has 1 aromatic carbocycles. The number of pyridine rings is 1. The lowest BCUT2D eigenvalue weighted by atomic mass is 10.2. The van der Waals surface area contributed by atoms with Gasteiger partial charge in [0, 0.05) is 49.4 Å². The molecule has 0 saturated carbocycles. The van der Waals surface area contributed by atoms with E-state index >= 15 is 0 Å². The van der Waals surface area contributed by atoms with Crippen molar-refractivity contribution in [3.8, 4) is 11.3 Å². The van der Waals surface area contributed by atoms with Gasteiger partial charge in [-0.2, -0.15) is 5.10 Å². The summed E-state index contributed by atoms with van der Waals surface area (Å²) in [5, 5.41) is 8.28. The highest BCUT2D eigenvalue weighted by Gasteiger charge is 2.18. The van der Waals surface area contributed by atoms with E-state index in [1.807, 2.05) is 35.1 Å². The number of carbonyl (C=O) groups is 1. The van der Waals surface area contributed by atoms with Crippen molar-refractivity contribution in [2.75, 3.05) is 7.05 Å². The average molecular weight is 373 g/mol. The maximum atomic E-state index is 12.7. The molecule has 0 saturated heterocycles. The molecule has 1 amide bonds. The van der Waals surface area contributed by atoms with Gasteiger partial charge in [0.2, 0.25) is 0 Å². The van der Waals surface area contributed by atoms with E-state index < -0.39 is 0 Å². The number of amides is 1. The summed E-state index contributed by atoms with van der Waals surface area (Å²) in [5.41, 5.74) is 3.16. The highest BCUT2D eigenvalue weighted by atomic mass is 16.5. The Balaban J connectivity index is 1.40. The van der Waals surface area contributed by atoms with Gasteiger partial charge < -0.3 is 9.42 Å². The first-order chi connectivity index (χ1) is 13.7. The highest BCUT2D eigenvalue weighted by molar-refractivity contribution is 5.92. The van der Waals surface area contributed by atoms with Crippen molar-refractivity contribution in [3.63, 3.8) is 0 Å². The first-order valence-corrected chi connectivity index (χ1v) is 8.87. The Morgan fingerprint density at radius 2 is 1.96 bits per heavy atom. The van der Waals surface area contributed by atoms with Crippen LogP contribution in [0.25, 0.3) is 11.3 Å².